The van der Waals surface area contributed by atoms with Crippen LogP contribution >= 0.6 is 0 Å². The van der Waals surface area contributed by atoms with Gasteiger partial charge in [0.25, 0.3) is 0 Å². The molecule has 1 unspecified atom stereocenters. The van der Waals surface area contributed by atoms with Crippen LogP contribution in [-0.2, 0) is 23.8 Å². The summed E-state index contributed by atoms with van der Waals surface area (Å²) in [7, 11) is 0. The molecule has 0 aliphatic carbocycles. The second-order valence-corrected chi connectivity index (χ2v) is 19.2. The Morgan fingerprint density at radius 2 is 0.688 bits per heavy atom. The normalized spacial score (nSPS) is 12.4. The molecule has 64 heavy (non-hydrogen) atoms. The van der Waals surface area contributed by atoms with Crippen molar-refractivity contribution >= 4 is 11.9 Å². The van der Waals surface area contributed by atoms with Gasteiger partial charge >= 0.3 is 11.9 Å². The molecule has 1 atom stereocenters. The SMILES string of the molecule is CCC/C=C\C/C=C\CCCCCCCCOCC(COC(=O)CCCCCCCCCCCCCCCCCCCCC)OC(=O)CCCCCCC/C=C\CCCCCCCC. The van der Waals surface area contributed by atoms with Crippen LogP contribution in [0.15, 0.2) is 36.5 Å². The summed E-state index contributed by atoms with van der Waals surface area (Å²) in [5.74, 6) is -0.395. The summed E-state index contributed by atoms with van der Waals surface area (Å²) < 4.78 is 17.5. The summed E-state index contributed by atoms with van der Waals surface area (Å²) in [5.41, 5.74) is 0. The van der Waals surface area contributed by atoms with E-state index in [1.165, 1.54) is 212 Å². The van der Waals surface area contributed by atoms with Gasteiger partial charge in [0.05, 0.1) is 6.61 Å². The Labute approximate surface area is 400 Å². The number of carbonyl (C=O) groups excluding carboxylic acids is 2. The summed E-state index contributed by atoms with van der Waals surface area (Å²) >= 11 is 0. The third-order valence-electron chi connectivity index (χ3n) is 12.6. The summed E-state index contributed by atoms with van der Waals surface area (Å²) in [6.07, 6.45) is 67.3. The molecular weight excluding hydrogens is 789 g/mol. The van der Waals surface area contributed by atoms with Crippen molar-refractivity contribution in [1.29, 1.82) is 0 Å². The van der Waals surface area contributed by atoms with Gasteiger partial charge in [-0.25, -0.2) is 0 Å². The molecule has 0 saturated heterocycles. The van der Waals surface area contributed by atoms with Crippen LogP contribution in [0.5, 0.6) is 0 Å². The first kappa shape index (κ1) is 62.1. The van der Waals surface area contributed by atoms with Gasteiger partial charge in [-0.3, -0.25) is 9.59 Å². The standard InChI is InChI=1S/C59H110O5/c1-4-7-10-13-16-19-22-25-28-29-30-31-33-34-37-40-43-46-49-52-58(60)63-56-57(55-62-54-51-48-45-42-39-36-27-24-21-18-15-12-9-6-3)64-59(61)53-50-47-44-41-38-35-32-26-23-20-17-14-11-8-5-2/h12,15,21,24,26,32,57H,4-11,13-14,16-20,22-23,25,27-31,33-56H2,1-3H3/b15-12-,24-21-,32-26-. The molecule has 0 bridgehead atoms. The van der Waals surface area contributed by atoms with Crippen molar-refractivity contribution in [2.75, 3.05) is 19.8 Å². The van der Waals surface area contributed by atoms with Crippen molar-refractivity contribution in [1.82, 2.24) is 0 Å². The first-order valence-corrected chi connectivity index (χ1v) is 28.5. The zero-order valence-electron chi connectivity index (χ0n) is 43.3. The van der Waals surface area contributed by atoms with E-state index in [4.69, 9.17) is 14.2 Å². The zero-order valence-corrected chi connectivity index (χ0v) is 43.3. The predicted molar refractivity (Wildman–Crippen MR) is 279 cm³/mol. The summed E-state index contributed by atoms with van der Waals surface area (Å²) in [4.78, 5) is 25.5. The van der Waals surface area contributed by atoms with Gasteiger partial charge in [0, 0.05) is 19.4 Å². The maximum absolute atomic E-state index is 12.8. The molecule has 0 amide bonds. The van der Waals surface area contributed by atoms with Crippen LogP contribution in [0.2, 0.25) is 0 Å². The third-order valence-corrected chi connectivity index (χ3v) is 12.6. The summed E-state index contributed by atoms with van der Waals surface area (Å²) in [6, 6.07) is 0. The maximum atomic E-state index is 12.8. The Kier molecular flexibility index (Phi) is 53.8. The zero-order chi connectivity index (χ0) is 46.3. The number of hydrogen-bond acceptors (Lipinski definition) is 5. The molecule has 0 aromatic carbocycles. The molecule has 0 saturated carbocycles. The predicted octanol–water partition coefficient (Wildman–Crippen LogP) is 19.4. The van der Waals surface area contributed by atoms with E-state index in [2.05, 4.69) is 57.2 Å². The molecule has 0 radical (unpaired) electrons. The number of unbranched alkanes of at least 4 members (excludes halogenated alkanes) is 36. The second kappa shape index (κ2) is 55.4. The lowest BCUT2D eigenvalue weighted by Gasteiger charge is -2.18. The Hall–Kier alpha value is -1.88. The van der Waals surface area contributed by atoms with Crippen molar-refractivity contribution in [2.24, 2.45) is 0 Å². The van der Waals surface area contributed by atoms with Gasteiger partial charge in [-0.15, -0.1) is 0 Å². The van der Waals surface area contributed by atoms with E-state index in [0.29, 0.717) is 19.4 Å². The van der Waals surface area contributed by atoms with Crippen LogP contribution in [0, 0.1) is 0 Å². The van der Waals surface area contributed by atoms with Crippen LogP contribution in [0.1, 0.15) is 303 Å². The van der Waals surface area contributed by atoms with Crippen LogP contribution in [-0.4, -0.2) is 37.9 Å². The van der Waals surface area contributed by atoms with Gasteiger partial charge in [0.15, 0.2) is 6.10 Å². The Morgan fingerprint density at radius 1 is 0.344 bits per heavy atom. The molecule has 0 heterocycles. The van der Waals surface area contributed by atoms with Crippen LogP contribution < -0.4 is 0 Å². The van der Waals surface area contributed by atoms with Crippen molar-refractivity contribution in [3.63, 3.8) is 0 Å². The van der Waals surface area contributed by atoms with Crippen molar-refractivity contribution in [3.05, 3.63) is 36.5 Å². The fourth-order valence-corrected chi connectivity index (χ4v) is 8.37. The molecule has 5 heteroatoms. The van der Waals surface area contributed by atoms with Gasteiger partial charge in [0.1, 0.15) is 6.61 Å². The number of hydrogen-bond donors (Lipinski definition) is 0. The van der Waals surface area contributed by atoms with Crippen molar-refractivity contribution < 1.29 is 23.8 Å². The second-order valence-electron chi connectivity index (χ2n) is 19.2. The highest BCUT2D eigenvalue weighted by Gasteiger charge is 2.17. The first-order valence-electron chi connectivity index (χ1n) is 28.5. The molecule has 0 aliphatic heterocycles. The third kappa shape index (κ3) is 52.7. The Bertz CT molecular complexity index is 1020. The fourth-order valence-electron chi connectivity index (χ4n) is 8.37. The molecular formula is C59H110O5. The highest BCUT2D eigenvalue weighted by atomic mass is 16.6. The molecule has 0 fully saturated rings. The Morgan fingerprint density at radius 3 is 1.11 bits per heavy atom. The minimum absolute atomic E-state index is 0.0829. The highest BCUT2D eigenvalue weighted by molar-refractivity contribution is 5.70. The molecule has 376 valence electrons. The summed E-state index contributed by atoms with van der Waals surface area (Å²) in [6.45, 7) is 7.79. The maximum Gasteiger partial charge on any atom is 0.306 e. The van der Waals surface area contributed by atoms with Gasteiger partial charge < -0.3 is 14.2 Å². The van der Waals surface area contributed by atoms with E-state index in [-0.39, 0.29) is 25.2 Å². The topological polar surface area (TPSA) is 61.8 Å². The van der Waals surface area contributed by atoms with Gasteiger partial charge in [-0.1, -0.05) is 256 Å². The number of esters is 2. The van der Waals surface area contributed by atoms with Gasteiger partial charge in [-0.05, 0) is 70.6 Å². The number of ether oxygens (including phenoxy) is 3. The lowest BCUT2D eigenvalue weighted by atomic mass is 10.0. The largest absolute Gasteiger partial charge is 0.462 e. The molecule has 0 aromatic rings. The van der Waals surface area contributed by atoms with E-state index in [1.807, 2.05) is 0 Å². The van der Waals surface area contributed by atoms with E-state index >= 15 is 0 Å². The minimum Gasteiger partial charge on any atom is -0.462 e. The minimum atomic E-state index is -0.542. The lowest BCUT2D eigenvalue weighted by Crippen LogP contribution is -2.30. The van der Waals surface area contributed by atoms with Crippen molar-refractivity contribution in [2.45, 2.75) is 309 Å². The van der Waals surface area contributed by atoms with E-state index in [1.54, 1.807) is 0 Å². The van der Waals surface area contributed by atoms with Crippen LogP contribution in [0.3, 0.4) is 0 Å². The molecule has 0 N–H and O–H groups in total. The monoisotopic (exact) mass is 899 g/mol. The summed E-state index contributed by atoms with van der Waals surface area (Å²) in [5, 5.41) is 0. The van der Waals surface area contributed by atoms with Crippen molar-refractivity contribution in [3.8, 4) is 0 Å². The molecule has 0 spiro atoms. The number of rotatable bonds is 53. The smallest absolute Gasteiger partial charge is 0.306 e. The van der Waals surface area contributed by atoms with Crippen LogP contribution in [0.25, 0.3) is 0 Å². The van der Waals surface area contributed by atoms with E-state index < -0.39 is 6.10 Å². The number of allylic oxidation sites excluding steroid dienone is 6. The van der Waals surface area contributed by atoms with Gasteiger partial charge in [-0.2, -0.15) is 0 Å². The number of carbonyl (C=O) groups is 2. The quantitative estimate of drug-likeness (QED) is 0.0346. The molecule has 0 aliphatic rings. The average Bonchev–Trinajstić information content (AvgIpc) is 3.30. The van der Waals surface area contributed by atoms with E-state index in [0.717, 1.165) is 57.8 Å². The first-order chi connectivity index (χ1) is 31.6. The highest BCUT2D eigenvalue weighted by Crippen LogP contribution is 2.16. The molecule has 0 aromatic heterocycles. The van der Waals surface area contributed by atoms with Gasteiger partial charge in [0.2, 0.25) is 0 Å². The lowest BCUT2D eigenvalue weighted by molar-refractivity contribution is -0.163. The Balaban J connectivity index is 4.22. The average molecular weight is 900 g/mol. The fraction of sp³-hybridized carbons (Fsp3) is 0.864. The molecule has 0 rings (SSSR count). The molecule has 5 nitrogen and oxygen atoms in total. The van der Waals surface area contributed by atoms with Crippen LogP contribution in [0.4, 0.5) is 0 Å². The van der Waals surface area contributed by atoms with E-state index in [9.17, 15) is 9.59 Å².